The van der Waals surface area contributed by atoms with Gasteiger partial charge in [0.25, 0.3) is 0 Å². The largest absolute Gasteiger partial charge is 0.507 e. The van der Waals surface area contributed by atoms with Crippen LogP contribution in [0, 0.1) is 20.8 Å². The number of allylic oxidation sites excluding steroid dienone is 2. The van der Waals surface area contributed by atoms with Crippen LogP contribution in [0.1, 0.15) is 46.6 Å². The molecular formula is C32H31NO5. The van der Waals surface area contributed by atoms with Crippen LogP contribution in [0.5, 0.6) is 17.2 Å². The Balaban J connectivity index is 1.53. The Labute approximate surface area is 222 Å². The van der Waals surface area contributed by atoms with E-state index < -0.39 is 0 Å². The first-order valence-corrected chi connectivity index (χ1v) is 12.7. The summed E-state index contributed by atoms with van der Waals surface area (Å²) in [7, 11) is 1.61. The third kappa shape index (κ3) is 5.21. The van der Waals surface area contributed by atoms with Gasteiger partial charge >= 0.3 is 0 Å². The Morgan fingerprint density at radius 2 is 1.68 bits per heavy atom. The molecule has 1 fully saturated rings. The van der Waals surface area contributed by atoms with Crippen LogP contribution in [0.4, 0.5) is 5.69 Å². The highest BCUT2D eigenvalue weighted by Gasteiger charge is 2.33. The number of nitrogens with zero attached hydrogens (tertiary/aromatic N) is 1. The van der Waals surface area contributed by atoms with Gasteiger partial charge in [0.2, 0.25) is 6.79 Å². The molecule has 1 atom stereocenters. The summed E-state index contributed by atoms with van der Waals surface area (Å²) < 4.78 is 16.1. The Bertz CT molecular complexity index is 1460. The number of ether oxygens (including phenoxy) is 3. The van der Waals surface area contributed by atoms with E-state index in [2.05, 4.69) is 32.9 Å². The molecule has 1 N–H and O–H groups in total. The normalized spacial score (nSPS) is 19.3. The third-order valence-corrected chi connectivity index (χ3v) is 7.01. The van der Waals surface area contributed by atoms with Crippen molar-refractivity contribution < 1.29 is 24.1 Å². The topological polar surface area (TPSA) is 77.4 Å². The van der Waals surface area contributed by atoms with Crippen molar-refractivity contribution in [3.05, 3.63) is 99.8 Å². The van der Waals surface area contributed by atoms with E-state index in [-0.39, 0.29) is 29.8 Å². The number of aryl methyl sites for hydroxylation is 3. The summed E-state index contributed by atoms with van der Waals surface area (Å²) in [5.74, 6) is 1.82. The fourth-order valence-electron chi connectivity index (χ4n) is 5.41. The van der Waals surface area contributed by atoms with Gasteiger partial charge in [0, 0.05) is 6.42 Å². The summed E-state index contributed by atoms with van der Waals surface area (Å²) in [4.78, 5) is 18.4. The van der Waals surface area contributed by atoms with Crippen molar-refractivity contribution in [2.75, 3.05) is 13.9 Å². The molecule has 1 heterocycles. The predicted molar refractivity (Wildman–Crippen MR) is 149 cm³/mol. The maximum Gasteiger partial charge on any atom is 0.231 e. The van der Waals surface area contributed by atoms with E-state index in [1.807, 2.05) is 42.5 Å². The SMILES string of the molecule is COc1ccc(N=C2CC(c3c(C)cc(C)cc3C)CC(=O)/C2=C(O)/C=C/c2ccc3c(c2)OCO3)cc1. The number of rotatable bonds is 5. The number of fused-ring (bicyclic) bond motifs is 1. The lowest BCUT2D eigenvalue weighted by Crippen LogP contribution is -2.27. The van der Waals surface area contributed by atoms with Gasteiger partial charge in [0.05, 0.1) is 24.1 Å². The molecule has 6 nitrogen and oxygen atoms in total. The lowest BCUT2D eigenvalue weighted by atomic mass is 9.76. The second-order valence-electron chi connectivity index (χ2n) is 9.80. The Morgan fingerprint density at radius 3 is 2.39 bits per heavy atom. The van der Waals surface area contributed by atoms with Crippen LogP contribution in [0.3, 0.4) is 0 Å². The number of aliphatic hydroxyl groups excluding tert-OH is 1. The highest BCUT2D eigenvalue weighted by Crippen LogP contribution is 2.38. The summed E-state index contributed by atoms with van der Waals surface area (Å²) in [6.45, 7) is 6.46. The first-order valence-electron chi connectivity index (χ1n) is 12.7. The van der Waals surface area contributed by atoms with E-state index in [0.717, 1.165) is 11.3 Å². The van der Waals surface area contributed by atoms with Crippen LogP contribution in [-0.2, 0) is 4.79 Å². The van der Waals surface area contributed by atoms with Gasteiger partial charge in [0.1, 0.15) is 11.5 Å². The molecule has 1 aliphatic heterocycles. The molecule has 0 aromatic heterocycles. The van der Waals surface area contributed by atoms with E-state index in [9.17, 15) is 9.90 Å². The van der Waals surface area contributed by atoms with Gasteiger partial charge < -0.3 is 19.3 Å². The number of Topliss-reactive ketones (excluding diaryl/α,β-unsaturated/α-hetero) is 1. The molecule has 1 unspecified atom stereocenters. The first kappa shape index (κ1) is 25.3. The van der Waals surface area contributed by atoms with E-state index >= 15 is 0 Å². The van der Waals surface area contributed by atoms with Crippen molar-refractivity contribution in [3.63, 3.8) is 0 Å². The average molecular weight is 510 g/mol. The monoisotopic (exact) mass is 509 g/mol. The number of carbonyl (C=O) groups excluding carboxylic acids is 1. The van der Waals surface area contributed by atoms with Gasteiger partial charge in [-0.05, 0) is 97.8 Å². The van der Waals surface area contributed by atoms with Crippen molar-refractivity contribution in [1.29, 1.82) is 0 Å². The molecule has 194 valence electrons. The Morgan fingerprint density at radius 1 is 0.974 bits per heavy atom. The molecule has 5 rings (SSSR count). The van der Waals surface area contributed by atoms with Gasteiger partial charge in [-0.3, -0.25) is 9.79 Å². The van der Waals surface area contributed by atoms with Gasteiger partial charge in [-0.2, -0.15) is 0 Å². The molecule has 0 bridgehead atoms. The zero-order chi connectivity index (χ0) is 26.8. The summed E-state index contributed by atoms with van der Waals surface area (Å²) in [5, 5.41) is 11.1. The number of ketones is 1. The van der Waals surface area contributed by atoms with Gasteiger partial charge in [-0.1, -0.05) is 29.8 Å². The highest BCUT2D eigenvalue weighted by atomic mass is 16.7. The summed E-state index contributed by atoms with van der Waals surface area (Å²) in [5.41, 5.74) is 7.07. The highest BCUT2D eigenvalue weighted by molar-refractivity contribution is 6.25. The van der Waals surface area contributed by atoms with Crippen LogP contribution in [-0.4, -0.2) is 30.5 Å². The predicted octanol–water partition coefficient (Wildman–Crippen LogP) is 7.09. The number of hydrogen-bond donors (Lipinski definition) is 1. The number of hydrogen-bond acceptors (Lipinski definition) is 6. The van der Waals surface area contributed by atoms with Crippen molar-refractivity contribution in [2.24, 2.45) is 4.99 Å². The van der Waals surface area contributed by atoms with E-state index in [0.29, 0.717) is 35.7 Å². The molecule has 6 heteroatoms. The fraction of sp³-hybridized carbons (Fsp3) is 0.250. The minimum Gasteiger partial charge on any atom is -0.507 e. The quantitative estimate of drug-likeness (QED) is 0.293. The number of carbonyl (C=O) groups is 1. The van der Waals surface area contributed by atoms with Gasteiger partial charge in [0.15, 0.2) is 17.3 Å². The number of methoxy groups -OCH3 is 1. The minimum atomic E-state index is -0.124. The molecule has 0 saturated heterocycles. The van der Waals surface area contributed by atoms with Crippen LogP contribution in [0.2, 0.25) is 0 Å². The van der Waals surface area contributed by atoms with Crippen LogP contribution in [0.25, 0.3) is 6.08 Å². The molecular weight excluding hydrogens is 478 g/mol. The molecule has 1 saturated carbocycles. The number of benzene rings is 3. The number of aliphatic imine (C=N–C) groups is 1. The Hall–Kier alpha value is -4.32. The fourth-order valence-corrected chi connectivity index (χ4v) is 5.41. The average Bonchev–Trinajstić information content (AvgIpc) is 3.35. The second kappa shape index (κ2) is 10.6. The zero-order valence-electron chi connectivity index (χ0n) is 22.1. The smallest absolute Gasteiger partial charge is 0.231 e. The molecule has 2 aliphatic rings. The van der Waals surface area contributed by atoms with Crippen molar-refractivity contribution >= 4 is 23.3 Å². The first-order chi connectivity index (χ1) is 18.3. The molecule has 0 spiro atoms. The van der Waals surface area contributed by atoms with Crippen molar-refractivity contribution in [2.45, 2.75) is 39.5 Å². The molecule has 3 aromatic rings. The van der Waals surface area contributed by atoms with Crippen molar-refractivity contribution in [3.8, 4) is 17.2 Å². The maximum absolute atomic E-state index is 13.6. The lowest BCUT2D eigenvalue weighted by Gasteiger charge is -2.28. The lowest BCUT2D eigenvalue weighted by molar-refractivity contribution is -0.115. The summed E-state index contributed by atoms with van der Waals surface area (Å²) >= 11 is 0. The zero-order valence-corrected chi connectivity index (χ0v) is 22.1. The minimum absolute atomic E-state index is 0.0190. The summed E-state index contributed by atoms with van der Waals surface area (Å²) in [6.07, 6.45) is 4.16. The number of aliphatic hydroxyl groups is 1. The van der Waals surface area contributed by atoms with E-state index in [1.54, 1.807) is 19.3 Å². The maximum atomic E-state index is 13.6. The molecule has 0 radical (unpaired) electrons. The molecule has 38 heavy (non-hydrogen) atoms. The van der Waals surface area contributed by atoms with Crippen LogP contribution < -0.4 is 14.2 Å². The molecule has 0 amide bonds. The third-order valence-electron chi connectivity index (χ3n) is 7.01. The van der Waals surface area contributed by atoms with E-state index in [4.69, 9.17) is 19.2 Å². The molecule has 3 aromatic carbocycles. The van der Waals surface area contributed by atoms with E-state index in [1.165, 1.54) is 22.3 Å². The summed E-state index contributed by atoms with van der Waals surface area (Å²) in [6, 6.07) is 17.2. The van der Waals surface area contributed by atoms with Crippen LogP contribution >= 0.6 is 0 Å². The van der Waals surface area contributed by atoms with Gasteiger partial charge in [-0.25, -0.2) is 0 Å². The van der Waals surface area contributed by atoms with Gasteiger partial charge in [-0.15, -0.1) is 0 Å². The van der Waals surface area contributed by atoms with Crippen molar-refractivity contribution in [1.82, 2.24) is 0 Å². The van der Waals surface area contributed by atoms with Crippen LogP contribution in [0.15, 0.2) is 77.0 Å². The second-order valence-corrected chi connectivity index (χ2v) is 9.80. The Kier molecular flexibility index (Phi) is 7.05. The standard InChI is InChI=1S/C32H31NO5/c1-19-13-20(2)31(21(3)14-19)23-16-26(33-24-7-9-25(36-4)10-8-24)32(28(35)17-23)27(34)11-5-22-6-12-29-30(15-22)38-18-37-29/h5-15,23,34H,16-18H2,1-4H3/b11-5+,32-27-,33-26?. The molecule has 1 aliphatic carbocycles.